The number of ether oxygens (including phenoxy) is 2. The predicted molar refractivity (Wildman–Crippen MR) is 101 cm³/mol. The number of nitrogens with zero attached hydrogens (tertiary/aromatic N) is 4. The monoisotopic (exact) mass is 361 g/mol. The zero-order valence-electron chi connectivity index (χ0n) is 14.9. The van der Waals surface area contributed by atoms with Crippen molar-refractivity contribution in [1.82, 2.24) is 24.9 Å². The molecule has 1 aliphatic carbocycles. The van der Waals surface area contributed by atoms with Gasteiger partial charge in [0.2, 0.25) is 5.65 Å². The van der Waals surface area contributed by atoms with Gasteiger partial charge in [-0.15, -0.1) is 10.2 Å². The van der Waals surface area contributed by atoms with Gasteiger partial charge in [-0.05, 0) is 42.7 Å². The van der Waals surface area contributed by atoms with E-state index in [9.17, 15) is 0 Å². The van der Waals surface area contributed by atoms with Gasteiger partial charge in [-0.2, -0.15) is 0 Å². The second-order valence-corrected chi connectivity index (χ2v) is 6.67. The van der Waals surface area contributed by atoms with Crippen LogP contribution in [0.2, 0.25) is 0 Å². The van der Waals surface area contributed by atoms with E-state index in [2.05, 4.69) is 20.5 Å². The highest BCUT2D eigenvalue weighted by atomic mass is 16.5. The highest BCUT2D eigenvalue weighted by Crippen LogP contribution is 2.34. The molecule has 1 N–H and O–H groups in total. The molecule has 7 nitrogen and oxygen atoms in total. The molecule has 27 heavy (non-hydrogen) atoms. The number of benzene rings is 2. The molecule has 0 aliphatic heterocycles. The zero-order chi connectivity index (χ0) is 18.2. The van der Waals surface area contributed by atoms with Crippen molar-refractivity contribution >= 4 is 16.7 Å². The van der Waals surface area contributed by atoms with Gasteiger partial charge in [-0.25, -0.2) is 4.98 Å². The third kappa shape index (κ3) is 3.06. The number of methoxy groups -OCH3 is 1. The molecular weight excluding hydrogens is 342 g/mol. The summed E-state index contributed by atoms with van der Waals surface area (Å²) in [4.78, 5) is 4.62. The first-order valence-electron chi connectivity index (χ1n) is 8.98. The highest BCUT2D eigenvalue weighted by molar-refractivity contribution is 5.79. The summed E-state index contributed by atoms with van der Waals surface area (Å²) in [5, 5.41) is 11.7. The Morgan fingerprint density at radius 1 is 1.15 bits per heavy atom. The maximum atomic E-state index is 6.09. The van der Waals surface area contributed by atoms with Crippen LogP contribution in [0.5, 0.6) is 17.4 Å². The van der Waals surface area contributed by atoms with E-state index in [1.54, 1.807) is 13.4 Å². The topological polar surface area (TPSA) is 73.6 Å². The van der Waals surface area contributed by atoms with E-state index in [-0.39, 0.29) is 0 Å². The maximum absolute atomic E-state index is 6.09. The van der Waals surface area contributed by atoms with Crippen molar-refractivity contribution in [2.75, 3.05) is 7.11 Å². The van der Waals surface area contributed by atoms with E-state index < -0.39 is 0 Å². The van der Waals surface area contributed by atoms with Crippen LogP contribution in [0, 0.1) is 0 Å². The fourth-order valence-corrected chi connectivity index (χ4v) is 3.11. The van der Waals surface area contributed by atoms with Crippen molar-refractivity contribution in [1.29, 1.82) is 0 Å². The fourth-order valence-electron chi connectivity index (χ4n) is 3.11. The molecule has 0 radical (unpaired) electrons. The highest BCUT2D eigenvalue weighted by Gasteiger charge is 2.20. The summed E-state index contributed by atoms with van der Waals surface area (Å²) >= 11 is 0. The number of rotatable bonds is 6. The molecule has 2 aromatic heterocycles. The van der Waals surface area contributed by atoms with Crippen molar-refractivity contribution in [2.24, 2.45) is 0 Å². The Bertz CT molecular complexity index is 1120. The van der Waals surface area contributed by atoms with Crippen LogP contribution < -0.4 is 14.8 Å². The lowest BCUT2D eigenvalue weighted by atomic mass is 10.2. The van der Waals surface area contributed by atoms with Crippen molar-refractivity contribution in [3.8, 4) is 17.4 Å². The minimum absolute atomic E-state index is 0.397. The van der Waals surface area contributed by atoms with Crippen LogP contribution in [0.3, 0.4) is 0 Å². The molecule has 2 heterocycles. The molecule has 1 saturated carbocycles. The summed E-state index contributed by atoms with van der Waals surface area (Å²) in [5.74, 6) is 1.66. The van der Waals surface area contributed by atoms with Crippen LogP contribution in [0.1, 0.15) is 18.4 Å². The van der Waals surface area contributed by atoms with Crippen LogP contribution in [-0.4, -0.2) is 32.7 Å². The summed E-state index contributed by atoms with van der Waals surface area (Å²) in [6.07, 6.45) is 4.19. The van der Waals surface area contributed by atoms with E-state index in [1.165, 1.54) is 12.8 Å². The Balaban J connectivity index is 1.51. The lowest BCUT2D eigenvalue weighted by molar-refractivity contribution is 0.374. The minimum Gasteiger partial charge on any atom is -0.493 e. The van der Waals surface area contributed by atoms with Gasteiger partial charge in [-0.3, -0.25) is 4.40 Å². The van der Waals surface area contributed by atoms with Crippen molar-refractivity contribution in [2.45, 2.75) is 25.4 Å². The second kappa shape index (κ2) is 6.51. The third-order valence-electron chi connectivity index (χ3n) is 4.71. The normalized spacial score (nSPS) is 14.0. The first-order valence-corrected chi connectivity index (χ1v) is 8.98. The van der Waals surface area contributed by atoms with Crippen LogP contribution in [-0.2, 0) is 6.54 Å². The van der Waals surface area contributed by atoms with Gasteiger partial charge in [0, 0.05) is 12.6 Å². The molecule has 136 valence electrons. The molecule has 1 aliphatic rings. The minimum atomic E-state index is 0.397. The number of hydrogen-bond acceptors (Lipinski definition) is 6. The molecule has 4 aromatic rings. The third-order valence-corrected chi connectivity index (χ3v) is 4.71. The largest absolute Gasteiger partial charge is 0.493 e. The number of para-hydroxylation sites is 2. The Kier molecular flexibility index (Phi) is 3.86. The van der Waals surface area contributed by atoms with Crippen molar-refractivity contribution < 1.29 is 9.47 Å². The molecule has 7 heteroatoms. The van der Waals surface area contributed by atoms with Crippen molar-refractivity contribution in [3.63, 3.8) is 0 Å². The first-order chi connectivity index (χ1) is 13.3. The summed E-state index contributed by atoms with van der Waals surface area (Å²) < 4.78 is 13.5. The lowest BCUT2D eigenvalue weighted by Gasteiger charge is -2.13. The van der Waals surface area contributed by atoms with E-state index in [0.29, 0.717) is 29.1 Å². The Hall–Kier alpha value is -3.19. The summed E-state index contributed by atoms with van der Waals surface area (Å²) in [5.41, 5.74) is 3.46. The average molecular weight is 361 g/mol. The molecule has 0 unspecified atom stereocenters. The summed E-state index contributed by atoms with van der Waals surface area (Å²) in [6.45, 7) is 0.823. The standard InChI is InChI=1S/C20H19N5O2/c1-26-18-10-13(11-21-14-7-8-14)6-9-17(18)27-20-19-24-22-12-25(19)16-5-3-2-4-15(16)23-20/h2-6,9-10,12,14,21H,7-8,11H2,1H3. The zero-order valence-corrected chi connectivity index (χ0v) is 14.9. The van der Waals surface area contributed by atoms with Crippen LogP contribution in [0.25, 0.3) is 16.7 Å². The predicted octanol–water partition coefficient (Wildman–Crippen LogP) is 3.33. The molecule has 0 bridgehead atoms. The van der Waals surface area contributed by atoms with E-state index in [4.69, 9.17) is 9.47 Å². The molecule has 0 amide bonds. The number of nitrogens with one attached hydrogen (secondary N) is 1. The number of hydrogen-bond donors (Lipinski definition) is 1. The molecule has 0 saturated heterocycles. The lowest BCUT2D eigenvalue weighted by Crippen LogP contribution is -2.15. The Labute approximate surface area is 156 Å². The number of aromatic nitrogens is 4. The van der Waals surface area contributed by atoms with E-state index in [0.717, 1.165) is 23.1 Å². The van der Waals surface area contributed by atoms with E-state index in [1.807, 2.05) is 46.9 Å². The Morgan fingerprint density at radius 3 is 2.89 bits per heavy atom. The molecule has 1 fully saturated rings. The van der Waals surface area contributed by atoms with Gasteiger partial charge >= 0.3 is 0 Å². The Morgan fingerprint density at radius 2 is 2.04 bits per heavy atom. The van der Waals surface area contributed by atoms with Gasteiger partial charge in [0.15, 0.2) is 11.5 Å². The molecular formula is C20H19N5O2. The first kappa shape index (κ1) is 16.0. The second-order valence-electron chi connectivity index (χ2n) is 6.67. The van der Waals surface area contributed by atoms with Crippen molar-refractivity contribution in [3.05, 3.63) is 54.4 Å². The molecule has 0 spiro atoms. The van der Waals surface area contributed by atoms with E-state index >= 15 is 0 Å². The summed E-state index contributed by atoms with van der Waals surface area (Å²) in [6, 6.07) is 14.4. The molecule has 2 aromatic carbocycles. The van der Waals surface area contributed by atoms with Gasteiger partial charge in [-0.1, -0.05) is 18.2 Å². The van der Waals surface area contributed by atoms with Crippen LogP contribution in [0.4, 0.5) is 0 Å². The van der Waals surface area contributed by atoms with Gasteiger partial charge in [0.25, 0.3) is 5.88 Å². The van der Waals surface area contributed by atoms with Crippen LogP contribution in [0.15, 0.2) is 48.8 Å². The fraction of sp³-hybridized carbons (Fsp3) is 0.250. The average Bonchev–Trinajstić information content (AvgIpc) is 3.40. The maximum Gasteiger partial charge on any atom is 0.266 e. The SMILES string of the molecule is COc1cc(CNC2CC2)ccc1Oc1nc2ccccc2n2cnnc12. The smallest absolute Gasteiger partial charge is 0.266 e. The molecule has 0 atom stereocenters. The quantitative estimate of drug-likeness (QED) is 0.568. The van der Waals surface area contributed by atoms with Gasteiger partial charge in [0.1, 0.15) is 6.33 Å². The number of fused-ring (bicyclic) bond motifs is 3. The van der Waals surface area contributed by atoms with Gasteiger partial charge < -0.3 is 14.8 Å². The molecule has 5 rings (SSSR count). The van der Waals surface area contributed by atoms with Gasteiger partial charge in [0.05, 0.1) is 18.1 Å². The van der Waals surface area contributed by atoms with Crippen LogP contribution >= 0.6 is 0 Å². The summed E-state index contributed by atoms with van der Waals surface area (Å²) in [7, 11) is 1.64.